The molecule has 0 bridgehead atoms. The number of benzene rings is 2. The summed E-state index contributed by atoms with van der Waals surface area (Å²) in [6, 6.07) is 13.1. The topological polar surface area (TPSA) is 70.3 Å². The lowest BCUT2D eigenvalue weighted by Gasteiger charge is -2.13. The molecule has 3 rings (SSSR count). The van der Waals surface area contributed by atoms with E-state index >= 15 is 0 Å². The molecule has 114 valence electrons. The fraction of sp³-hybridized carbons (Fsp3) is 0.188. The smallest absolute Gasteiger partial charge is 0.221 e. The molecule has 1 N–H and O–H groups in total. The van der Waals surface area contributed by atoms with Crippen LogP contribution in [0.15, 0.2) is 51.9 Å². The highest BCUT2D eigenvalue weighted by Crippen LogP contribution is 2.29. The average Bonchev–Trinajstić information content (AvgIpc) is 2.97. The number of fused-ring (bicyclic) bond motifs is 1. The van der Waals surface area contributed by atoms with Crippen LogP contribution in [0.3, 0.4) is 0 Å². The molecule has 0 aliphatic heterocycles. The molecule has 0 amide bonds. The molecule has 0 spiro atoms. The Morgan fingerprint density at radius 2 is 2.09 bits per heavy atom. The molecule has 1 unspecified atom stereocenters. The summed E-state index contributed by atoms with van der Waals surface area (Å²) in [6.45, 7) is 2.06. The van der Waals surface area contributed by atoms with Crippen LogP contribution in [0.4, 0.5) is 5.82 Å². The van der Waals surface area contributed by atoms with Crippen molar-refractivity contribution in [2.45, 2.75) is 18.2 Å². The highest BCUT2D eigenvalue weighted by Gasteiger charge is 2.21. The van der Waals surface area contributed by atoms with Crippen molar-refractivity contribution in [1.82, 2.24) is 5.16 Å². The Kier molecular flexibility index (Phi) is 4.22. The summed E-state index contributed by atoms with van der Waals surface area (Å²) in [7, 11) is 1.57. The zero-order chi connectivity index (χ0) is 15.5. The average molecular weight is 316 g/mol. The molecule has 0 saturated carbocycles. The maximum atomic E-state index is 12.6. The first kappa shape index (κ1) is 14.7. The van der Waals surface area contributed by atoms with Crippen molar-refractivity contribution in [3.8, 4) is 5.75 Å². The van der Waals surface area contributed by atoms with Crippen molar-refractivity contribution in [3.63, 3.8) is 0 Å². The minimum Gasteiger partial charge on any atom is -0.588 e. The molecule has 6 heteroatoms. The quantitative estimate of drug-likeness (QED) is 0.729. The Morgan fingerprint density at radius 1 is 1.27 bits per heavy atom. The van der Waals surface area contributed by atoms with Crippen molar-refractivity contribution in [1.29, 1.82) is 0 Å². The van der Waals surface area contributed by atoms with Gasteiger partial charge < -0.3 is 13.8 Å². The molecule has 0 saturated heterocycles. The number of para-hydroxylation sites is 1. The van der Waals surface area contributed by atoms with Gasteiger partial charge in [-0.1, -0.05) is 30.3 Å². The van der Waals surface area contributed by atoms with Crippen LogP contribution in [-0.2, 0) is 17.8 Å². The first-order valence-corrected chi connectivity index (χ1v) is 8.07. The second kappa shape index (κ2) is 6.29. The van der Waals surface area contributed by atoms with E-state index in [9.17, 15) is 4.55 Å². The van der Waals surface area contributed by atoms with E-state index in [1.807, 2.05) is 42.5 Å². The third-order valence-electron chi connectivity index (χ3n) is 3.40. The van der Waals surface area contributed by atoms with Crippen molar-refractivity contribution in [2.24, 2.45) is 0 Å². The van der Waals surface area contributed by atoms with Gasteiger partial charge in [0.25, 0.3) is 0 Å². The predicted molar refractivity (Wildman–Crippen MR) is 86.4 cm³/mol. The van der Waals surface area contributed by atoms with E-state index in [4.69, 9.17) is 9.26 Å². The molecule has 3 aromatic rings. The fourth-order valence-corrected chi connectivity index (χ4v) is 3.14. The monoisotopic (exact) mass is 316 g/mol. The zero-order valence-electron chi connectivity index (χ0n) is 12.3. The summed E-state index contributed by atoms with van der Waals surface area (Å²) in [5.74, 6) is 1.05. The number of nitrogens with zero attached hydrogens (tertiary/aromatic N) is 1. The molecule has 22 heavy (non-hydrogen) atoms. The third-order valence-corrected chi connectivity index (χ3v) is 4.52. The van der Waals surface area contributed by atoms with Crippen LogP contribution in [0, 0.1) is 0 Å². The highest BCUT2D eigenvalue weighted by molar-refractivity contribution is 7.92. The standard InChI is InChI=1S/C16H16N2O3S/c1-3-11-8-9-15(14(10-11)20-2)22(19)18-16-12-6-4-5-7-13(12)21-17-16/h4-10H,3H2,1-2H3,(H,17,18). The molecular formula is C16H16N2O3S. The van der Waals surface area contributed by atoms with Gasteiger partial charge in [0.1, 0.15) is 11.4 Å². The molecule has 0 aliphatic rings. The van der Waals surface area contributed by atoms with Gasteiger partial charge in [-0.05, 0) is 30.2 Å². The van der Waals surface area contributed by atoms with Gasteiger partial charge in [0.05, 0.1) is 12.5 Å². The van der Waals surface area contributed by atoms with Gasteiger partial charge in [0.15, 0.2) is 11.3 Å². The first-order valence-electron chi connectivity index (χ1n) is 6.92. The Labute approximate surface area is 131 Å². The number of methoxy groups -OCH3 is 1. The lowest BCUT2D eigenvalue weighted by atomic mass is 10.2. The summed E-state index contributed by atoms with van der Waals surface area (Å²) < 4.78 is 26.0. The Morgan fingerprint density at radius 3 is 2.86 bits per heavy atom. The minimum atomic E-state index is -1.49. The lowest BCUT2D eigenvalue weighted by Crippen LogP contribution is -2.14. The molecule has 5 nitrogen and oxygen atoms in total. The maximum absolute atomic E-state index is 12.6. The predicted octanol–water partition coefficient (Wildman–Crippen LogP) is 3.53. The molecule has 1 aromatic heterocycles. The molecule has 0 fully saturated rings. The van der Waals surface area contributed by atoms with E-state index in [2.05, 4.69) is 16.8 Å². The van der Waals surface area contributed by atoms with Crippen LogP contribution in [0.1, 0.15) is 12.5 Å². The van der Waals surface area contributed by atoms with Gasteiger partial charge in [0.2, 0.25) is 10.7 Å². The number of rotatable bonds is 5. The molecule has 1 atom stereocenters. The molecule has 0 aliphatic carbocycles. The van der Waals surface area contributed by atoms with E-state index < -0.39 is 11.4 Å². The van der Waals surface area contributed by atoms with Crippen LogP contribution in [-0.4, -0.2) is 16.8 Å². The summed E-state index contributed by atoms with van der Waals surface area (Å²) in [6.07, 6.45) is 0.893. The zero-order valence-corrected chi connectivity index (χ0v) is 13.1. The lowest BCUT2D eigenvalue weighted by molar-refractivity contribution is 0.402. The molecule has 0 radical (unpaired) electrons. The molecular weight excluding hydrogens is 300 g/mol. The number of aromatic nitrogens is 1. The van der Waals surface area contributed by atoms with Crippen molar-refractivity contribution in [2.75, 3.05) is 11.8 Å². The Balaban J connectivity index is 1.89. The number of hydrogen-bond donors (Lipinski definition) is 1. The number of nitrogens with one attached hydrogen (secondary N) is 1. The van der Waals surface area contributed by atoms with Crippen molar-refractivity contribution in [3.05, 3.63) is 48.0 Å². The maximum Gasteiger partial charge on any atom is 0.221 e. The van der Waals surface area contributed by atoms with Crippen LogP contribution in [0.25, 0.3) is 11.0 Å². The van der Waals surface area contributed by atoms with Crippen molar-refractivity contribution >= 4 is 28.1 Å². The number of ether oxygens (including phenoxy) is 1. The number of anilines is 1. The summed E-state index contributed by atoms with van der Waals surface area (Å²) in [4.78, 5) is 0.576. The van der Waals surface area contributed by atoms with Gasteiger partial charge in [0, 0.05) is 6.07 Å². The van der Waals surface area contributed by atoms with Crippen LogP contribution in [0.5, 0.6) is 5.75 Å². The number of aryl methyl sites for hydroxylation is 1. The van der Waals surface area contributed by atoms with E-state index in [0.29, 0.717) is 22.0 Å². The van der Waals surface area contributed by atoms with Gasteiger partial charge in [-0.2, -0.15) is 4.72 Å². The largest absolute Gasteiger partial charge is 0.588 e. The Bertz CT molecular complexity index is 788. The summed E-state index contributed by atoms with van der Waals surface area (Å²) >= 11 is -1.49. The van der Waals surface area contributed by atoms with Crippen LogP contribution >= 0.6 is 0 Å². The minimum absolute atomic E-state index is 0.454. The van der Waals surface area contributed by atoms with Gasteiger partial charge in [-0.3, -0.25) is 0 Å². The van der Waals surface area contributed by atoms with Gasteiger partial charge in [-0.15, -0.1) is 0 Å². The summed E-state index contributed by atoms with van der Waals surface area (Å²) in [5.41, 5.74) is 1.78. The van der Waals surface area contributed by atoms with E-state index in [1.54, 1.807) is 7.11 Å². The van der Waals surface area contributed by atoms with E-state index in [1.165, 1.54) is 0 Å². The molecule has 1 heterocycles. The van der Waals surface area contributed by atoms with E-state index in [-0.39, 0.29) is 0 Å². The van der Waals surface area contributed by atoms with Gasteiger partial charge in [-0.25, -0.2) is 0 Å². The second-order valence-electron chi connectivity index (χ2n) is 4.74. The highest BCUT2D eigenvalue weighted by atomic mass is 32.2. The second-order valence-corrected chi connectivity index (χ2v) is 5.92. The Hall–Kier alpha value is -2.18. The molecule has 2 aromatic carbocycles. The van der Waals surface area contributed by atoms with Crippen molar-refractivity contribution < 1.29 is 13.8 Å². The SMILES string of the molecule is CCc1ccc([S+]([O-])Nc2noc3ccccc23)c(OC)c1. The normalized spacial score (nSPS) is 12.3. The van der Waals surface area contributed by atoms with E-state index in [0.717, 1.165) is 17.4 Å². The fourth-order valence-electron chi connectivity index (χ4n) is 2.19. The summed E-state index contributed by atoms with van der Waals surface area (Å²) in [5, 5.41) is 4.72. The number of hydrogen-bond acceptors (Lipinski definition) is 5. The van der Waals surface area contributed by atoms with Crippen LogP contribution in [0.2, 0.25) is 0 Å². The third kappa shape index (κ3) is 2.75. The first-order chi connectivity index (χ1) is 10.7. The van der Waals surface area contributed by atoms with Crippen LogP contribution < -0.4 is 9.46 Å². The van der Waals surface area contributed by atoms with Gasteiger partial charge >= 0.3 is 0 Å².